The predicted octanol–water partition coefficient (Wildman–Crippen LogP) is 1.79. The number of aromatic nitrogens is 2. The maximum absolute atomic E-state index is 11.9. The first kappa shape index (κ1) is 14.2. The second-order valence-electron chi connectivity index (χ2n) is 4.77. The molecule has 2 rings (SSSR count). The summed E-state index contributed by atoms with van der Waals surface area (Å²) < 4.78 is 4.90. The molecule has 6 heteroatoms. The van der Waals surface area contributed by atoms with E-state index in [9.17, 15) is 4.79 Å². The molecule has 0 radical (unpaired) electrons. The summed E-state index contributed by atoms with van der Waals surface area (Å²) in [6, 6.07) is 1.80. The highest BCUT2D eigenvalue weighted by Crippen LogP contribution is 2.26. The second-order valence-corrected chi connectivity index (χ2v) is 5.16. The lowest BCUT2D eigenvalue weighted by atomic mass is 9.94. The Morgan fingerprint density at radius 2 is 2.37 bits per heavy atom. The molecule has 1 saturated heterocycles. The van der Waals surface area contributed by atoms with Crippen molar-refractivity contribution in [3.63, 3.8) is 0 Å². The number of piperidine rings is 1. The molecule has 0 saturated carbocycles. The smallest absolute Gasteiger partial charge is 0.248 e. The van der Waals surface area contributed by atoms with Crippen LogP contribution < -0.4 is 0 Å². The Bertz CT molecular complexity index is 447. The molecule has 5 nitrogen and oxygen atoms in total. The first-order valence-corrected chi connectivity index (χ1v) is 6.75. The predicted molar refractivity (Wildman–Crippen MR) is 72.2 cm³/mol. The highest BCUT2D eigenvalue weighted by atomic mass is 35.5. The third-order valence-electron chi connectivity index (χ3n) is 3.29. The van der Waals surface area contributed by atoms with Gasteiger partial charge in [0.15, 0.2) is 0 Å². The van der Waals surface area contributed by atoms with Crippen LogP contribution in [0.1, 0.15) is 30.3 Å². The van der Waals surface area contributed by atoms with Crippen LogP contribution in [0.2, 0.25) is 5.15 Å². The zero-order valence-electron chi connectivity index (χ0n) is 11.2. The van der Waals surface area contributed by atoms with Gasteiger partial charge in [0.25, 0.3) is 0 Å². The van der Waals surface area contributed by atoms with Crippen LogP contribution in [0.3, 0.4) is 0 Å². The number of amides is 1. The maximum atomic E-state index is 11.9. The summed E-state index contributed by atoms with van der Waals surface area (Å²) in [7, 11) is 1.53. The van der Waals surface area contributed by atoms with Gasteiger partial charge in [0.1, 0.15) is 17.6 Å². The molecule has 104 valence electrons. The van der Waals surface area contributed by atoms with Gasteiger partial charge >= 0.3 is 0 Å². The third kappa shape index (κ3) is 3.64. The summed E-state index contributed by atoms with van der Waals surface area (Å²) in [5.41, 5.74) is 0.924. The molecule has 1 fully saturated rings. The van der Waals surface area contributed by atoms with Crippen LogP contribution in [-0.2, 0) is 9.53 Å². The van der Waals surface area contributed by atoms with Crippen LogP contribution in [0, 0.1) is 6.92 Å². The van der Waals surface area contributed by atoms with Gasteiger partial charge in [0.2, 0.25) is 5.91 Å². The Kier molecular flexibility index (Phi) is 4.71. The standard InChI is InChI=1S/C13H18ClN3O2/c1-9-15-11(6-12(14)16-9)10-4-3-5-17(7-10)13(18)8-19-2/h6,10H,3-5,7-8H2,1-2H3. The number of hydrogen-bond donors (Lipinski definition) is 0. The van der Waals surface area contributed by atoms with Crippen molar-refractivity contribution in [3.05, 3.63) is 22.7 Å². The Morgan fingerprint density at radius 3 is 3.05 bits per heavy atom. The second kappa shape index (κ2) is 6.30. The van der Waals surface area contributed by atoms with Gasteiger partial charge in [-0.25, -0.2) is 9.97 Å². The molecule has 0 N–H and O–H groups in total. The SMILES string of the molecule is COCC(=O)N1CCCC(c2cc(Cl)nc(C)n2)C1. The van der Waals surface area contributed by atoms with Gasteiger partial charge in [-0.1, -0.05) is 11.6 Å². The van der Waals surface area contributed by atoms with Gasteiger partial charge < -0.3 is 9.64 Å². The van der Waals surface area contributed by atoms with E-state index in [1.54, 1.807) is 6.07 Å². The molecule has 19 heavy (non-hydrogen) atoms. The number of carbonyl (C=O) groups is 1. The Labute approximate surface area is 117 Å². The van der Waals surface area contributed by atoms with Crippen molar-refractivity contribution in [2.45, 2.75) is 25.7 Å². The van der Waals surface area contributed by atoms with Crippen molar-refractivity contribution in [1.29, 1.82) is 0 Å². The number of aryl methyl sites for hydroxylation is 1. The quantitative estimate of drug-likeness (QED) is 0.794. The average molecular weight is 284 g/mol. The van der Waals surface area contributed by atoms with Gasteiger partial charge in [0.05, 0.1) is 5.69 Å². The van der Waals surface area contributed by atoms with E-state index in [0.29, 0.717) is 17.5 Å². The van der Waals surface area contributed by atoms with Crippen LogP contribution in [0.5, 0.6) is 0 Å². The summed E-state index contributed by atoms with van der Waals surface area (Å²) in [6.07, 6.45) is 1.99. The number of hydrogen-bond acceptors (Lipinski definition) is 4. The Balaban J connectivity index is 2.10. The minimum atomic E-state index is 0.0316. The fourth-order valence-electron chi connectivity index (χ4n) is 2.42. The van der Waals surface area contributed by atoms with Crippen LogP contribution in [0.4, 0.5) is 0 Å². The van der Waals surface area contributed by atoms with Crippen molar-refractivity contribution in [2.75, 3.05) is 26.8 Å². The Hall–Kier alpha value is -1.20. The molecule has 1 aromatic heterocycles. The molecule has 2 heterocycles. The number of halogens is 1. The molecular formula is C13H18ClN3O2. The zero-order chi connectivity index (χ0) is 13.8. The first-order chi connectivity index (χ1) is 9.10. The number of rotatable bonds is 3. The number of methoxy groups -OCH3 is 1. The average Bonchev–Trinajstić information content (AvgIpc) is 2.38. The molecule has 0 aliphatic carbocycles. The highest BCUT2D eigenvalue weighted by Gasteiger charge is 2.25. The topological polar surface area (TPSA) is 55.3 Å². The first-order valence-electron chi connectivity index (χ1n) is 6.38. The molecule has 1 aliphatic rings. The number of nitrogens with zero attached hydrogens (tertiary/aromatic N) is 3. The summed E-state index contributed by atoms with van der Waals surface area (Å²) in [4.78, 5) is 22.2. The minimum absolute atomic E-state index is 0.0316. The summed E-state index contributed by atoms with van der Waals surface area (Å²) in [6.45, 7) is 3.42. The van der Waals surface area contributed by atoms with Crippen molar-refractivity contribution in [1.82, 2.24) is 14.9 Å². The van der Waals surface area contributed by atoms with E-state index in [0.717, 1.165) is 25.1 Å². The monoisotopic (exact) mass is 283 g/mol. The molecule has 1 aliphatic heterocycles. The molecule has 0 bridgehead atoms. The summed E-state index contributed by atoms with van der Waals surface area (Å²) >= 11 is 5.97. The minimum Gasteiger partial charge on any atom is -0.375 e. The fourth-order valence-corrected chi connectivity index (χ4v) is 2.66. The third-order valence-corrected chi connectivity index (χ3v) is 3.48. The van der Waals surface area contributed by atoms with Crippen molar-refractivity contribution >= 4 is 17.5 Å². The lowest BCUT2D eigenvalue weighted by Gasteiger charge is -2.32. The van der Waals surface area contributed by atoms with Gasteiger partial charge in [-0.2, -0.15) is 0 Å². The Morgan fingerprint density at radius 1 is 1.58 bits per heavy atom. The lowest BCUT2D eigenvalue weighted by Crippen LogP contribution is -2.41. The lowest BCUT2D eigenvalue weighted by molar-refractivity contribution is -0.136. The zero-order valence-corrected chi connectivity index (χ0v) is 12.0. The molecule has 1 atom stereocenters. The van der Waals surface area contributed by atoms with Gasteiger partial charge in [0, 0.05) is 26.1 Å². The van der Waals surface area contributed by atoms with Crippen molar-refractivity contribution < 1.29 is 9.53 Å². The van der Waals surface area contributed by atoms with E-state index >= 15 is 0 Å². The van der Waals surface area contributed by atoms with E-state index < -0.39 is 0 Å². The van der Waals surface area contributed by atoms with Gasteiger partial charge in [-0.15, -0.1) is 0 Å². The van der Waals surface area contributed by atoms with Crippen LogP contribution in [0.15, 0.2) is 6.07 Å². The van der Waals surface area contributed by atoms with E-state index in [2.05, 4.69) is 9.97 Å². The normalized spacial score (nSPS) is 19.5. The van der Waals surface area contributed by atoms with E-state index in [1.807, 2.05) is 11.8 Å². The number of likely N-dealkylation sites (tertiary alicyclic amines) is 1. The fraction of sp³-hybridized carbons (Fsp3) is 0.615. The van der Waals surface area contributed by atoms with Crippen LogP contribution >= 0.6 is 11.6 Å². The van der Waals surface area contributed by atoms with Gasteiger partial charge in [-0.05, 0) is 25.8 Å². The number of ether oxygens (including phenoxy) is 1. The molecule has 1 amide bonds. The molecule has 0 aromatic carbocycles. The van der Waals surface area contributed by atoms with E-state index in [1.165, 1.54) is 7.11 Å². The number of carbonyl (C=O) groups excluding carboxylic acids is 1. The summed E-state index contributed by atoms with van der Waals surface area (Å²) in [5, 5.41) is 0.461. The van der Waals surface area contributed by atoms with Crippen LogP contribution in [0.25, 0.3) is 0 Å². The highest BCUT2D eigenvalue weighted by molar-refractivity contribution is 6.29. The largest absolute Gasteiger partial charge is 0.375 e. The molecule has 1 aromatic rings. The molecule has 1 unspecified atom stereocenters. The van der Waals surface area contributed by atoms with Gasteiger partial charge in [-0.3, -0.25) is 4.79 Å². The van der Waals surface area contributed by atoms with E-state index in [-0.39, 0.29) is 18.4 Å². The molecule has 0 spiro atoms. The van der Waals surface area contributed by atoms with Crippen LogP contribution in [-0.4, -0.2) is 47.6 Å². The van der Waals surface area contributed by atoms with E-state index in [4.69, 9.17) is 16.3 Å². The van der Waals surface area contributed by atoms with Crippen molar-refractivity contribution in [3.8, 4) is 0 Å². The van der Waals surface area contributed by atoms with Crippen molar-refractivity contribution in [2.24, 2.45) is 0 Å². The summed E-state index contributed by atoms with van der Waals surface area (Å²) in [5.74, 6) is 0.931. The molecular weight excluding hydrogens is 266 g/mol. The maximum Gasteiger partial charge on any atom is 0.248 e.